The first-order valence-electron chi connectivity index (χ1n) is 5.45. The molecule has 1 saturated heterocycles. The Hall–Kier alpha value is -0.540. The van der Waals surface area contributed by atoms with Gasteiger partial charge < -0.3 is 10.6 Å². The Kier molecular flexibility index (Phi) is 3.32. The molecule has 2 atom stereocenters. The fourth-order valence-corrected chi connectivity index (χ4v) is 2.76. The van der Waals surface area contributed by atoms with Crippen LogP contribution < -0.4 is 10.6 Å². The third-order valence-corrected chi connectivity index (χ3v) is 3.75. The molecule has 0 aromatic heterocycles. The van der Waals surface area contributed by atoms with Gasteiger partial charge in [0, 0.05) is 23.1 Å². The van der Waals surface area contributed by atoms with Gasteiger partial charge >= 0.3 is 0 Å². The van der Waals surface area contributed by atoms with Crippen LogP contribution in [0, 0.1) is 0 Å². The number of rotatable bonds is 1. The fraction of sp³-hybridized carbons (Fsp3) is 0.500. The topological polar surface area (TPSA) is 29.3 Å². The second-order valence-electron chi connectivity index (χ2n) is 4.28. The monoisotopic (exact) mass is 268 g/mol. The number of hydrogen-bond donors (Lipinski definition) is 1. The first-order chi connectivity index (χ1) is 7.18. The van der Waals surface area contributed by atoms with Crippen LogP contribution in [0.1, 0.15) is 19.8 Å². The number of nitrogens with two attached hydrogens (primary N) is 1. The zero-order valence-corrected chi connectivity index (χ0v) is 10.6. The highest BCUT2D eigenvalue weighted by Gasteiger charge is 2.24. The lowest BCUT2D eigenvalue weighted by Crippen LogP contribution is -2.45. The van der Waals surface area contributed by atoms with Crippen molar-refractivity contribution in [2.45, 2.75) is 31.8 Å². The molecule has 2 rings (SSSR count). The van der Waals surface area contributed by atoms with E-state index in [1.54, 1.807) is 0 Å². The first-order valence-corrected chi connectivity index (χ1v) is 6.24. The molecule has 0 aliphatic carbocycles. The molecule has 2 nitrogen and oxygen atoms in total. The summed E-state index contributed by atoms with van der Waals surface area (Å²) < 4.78 is 1.17. The summed E-state index contributed by atoms with van der Waals surface area (Å²) in [7, 11) is 0. The van der Waals surface area contributed by atoms with E-state index in [9.17, 15) is 0 Å². The third kappa shape index (κ3) is 2.34. The van der Waals surface area contributed by atoms with Gasteiger partial charge in [-0.15, -0.1) is 0 Å². The molecule has 1 aliphatic heterocycles. The van der Waals surface area contributed by atoms with Crippen molar-refractivity contribution in [3.8, 4) is 0 Å². The molecule has 0 bridgehead atoms. The number of benzene rings is 1. The van der Waals surface area contributed by atoms with Crippen LogP contribution in [0.4, 0.5) is 5.69 Å². The van der Waals surface area contributed by atoms with E-state index >= 15 is 0 Å². The second-order valence-corrected chi connectivity index (χ2v) is 5.13. The molecule has 0 radical (unpaired) electrons. The van der Waals surface area contributed by atoms with Gasteiger partial charge in [-0.25, -0.2) is 0 Å². The number of piperidine rings is 1. The Morgan fingerprint density at radius 3 is 2.80 bits per heavy atom. The molecule has 1 aromatic carbocycles. The van der Waals surface area contributed by atoms with Crippen LogP contribution >= 0.6 is 15.9 Å². The molecule has 1 heterocycles. The third-order valence-electron chi connectivity index (χ3n) is 3.08. The minimum Gasteiger partial charge on any atom is -0.368 e. The number of hydrogen-bond acceptors (Lipinski definition) is 2. The number of nitrogens with zero attached hydrogens (tertiary/aromatic N) is 1. The largest absolute Gasteiger partial charge is 0.368 e. The molecular formula is C12H17BrN2. The quantitative estimate of drug-likeness (QED) is 0.849. The van der Waals surface area contributed by atoms with Crippen molar-refractivity contribution in [1.29, 1.82) is 0 Å². The van der Waals surface area contributed by atoms with Gasteiger partial charge in [-0.2, -0.15) is 0 Å². The number of anilines is 1. The maximum Gasteiger partial charge on any atom is 0.0513 e. The van der Waals surface area contributed by atoms with Gasteiger partial charge in [0.1, 0.15) is 0 Å². The van der Waals surface area contributed by atoms with E-state index in [2.05, 4.69) is 46.0 Å². The molecule has 0 spiro atoms. The highest BCUT2D eigenvalue weighted by atomic mass is 79.9. The Bertz CT molecular complexity index is 340. The summed E-state index contributed by atoms with van der Waals surface area (Å²) >= 11 is 3.60. The Labute approximate surface area is 99.6 Å². The van der Waals surface area contributed by atoms with Crippen molar-refractivity contribution < 1.29 is 0 Å². The molecular weight excluding hydrogens is 252 g/mol. The lowest BCUT2D eigenvalue weighted by Gasteiger charge is -2.38. The average molecular weight is 269 g/mol. The molecule has 0 amide bonds. The number of para-hydroxylation sites is 1. The molecule has 1 fully saturated rings. The van der Waals surface area contributed by atoms with Gasteiger partial charge in [-0.1, -0.05) is 12.1 Å². The summed E-state index contributed by atoms with van der Waals surface area (Å²) in [4.78, 5) is 2.44. The second kappa shape index (κ2) is 4.54. The van der Waals surface area contributed by atoms with Crippen LogP contribution in [0.15, 0.2) is 28.7 Å². The van der Waals surface area contributed by atoms with Gasteiger partial charge in [0.25, 0.3) is 0 Å². The summed E-state index contributed by atoms with van der Waals surface area (Å²) in [5, 5.41) is 0. The fourth-order valence-electron chi connectivity index (χ4n) is 2.25. The van der Waals surface area contributed by atoms with Crippen LogP contribution in [-0.2, 0) is 0 Å². The van der Waals surface area contributed by atoms with Crippen molar-refractivity contribution in [2.24, 2.45) is 5.73 Å². The SMILES string of the molecule is CC1CC(N)CCN1c1ccccc1Br. The minimum absolute atomic E-state index is 0.374. The Morgan fingerprint density at radius 1 is 1.40 bits per heavy atom. The standard InChI is InChI=1S/C12H17BrN2/c1-9-8-10(14)6-7-15(9)12-5-3-2-4-11(12)13/h2-5,9-10H,6-8,14H2,1H3. The average Bonchev–Trinajstić information content (AvgIpc) is 2.20. The maximum atomic E-state index is 5.97. The summed E-state index contributed by atoms with van der Waals surface area (Å²) in [6.07, 6.45) is 2.17. The Balaban J connectivity index is 2.20. The van der Waals surface area contributed by atoms with Gasteiger partial charge in [0.2, 0.25) is 0 Å². The molecule has 1 aromatic rings. The van der Waals surface area contributed by atoms with E-state index in [1.165, 1.54) is 10.2 Å². The minimum atomic E-state index is 0.374. The summed E-state index contributed by atoms with van der Waals surface area (Å²) in [6.45, 7) is 3.31. The van der Waals surface area contributed by atoms with E-state index in [-0.39, 0.29) is 0 Å². The zero-order valence-electron chi connectivity index (χ0n) is 8.99. The summed E-state index contributed by atoms with van der Waals surface area (Å²) in [5.74, 6) is 0. The number of halogens is 1. The molecule has 3 heteroatoms. The molecule has 0 saturated carbocycles. The van der Waals surface area contributed by atoms with E-state index in [0.717, 1.165) is 19.4 Å². The predicted molar refractivity (Wildman–Crippen MR) is 68.2 cm³/mol. The molecule has 1 aliphatic rings. The lowest BCUT2D eigenvalue weighted by atomic mass is 9.98. The van der Waals surface area contributed by atoms with Gasteiger partial charge in [0.15, 0.2) is 0 Å². The first kappa shape index (κ1) is 11.0. The smallest absolute Gasteiger partial charge is 0.0513 e. The highest BCUT2D eigenvalue weighted by molar-refractivity contribution is 9.10. The van der Waals surface area contributed by atoms with E-state index in [0.29, 0.717) is 12.1 Å². The molecule has 15 heavy (non-hydrogen) atoms. The zero-order chi connectivity index (χ0) is 10.8. The predicted octanol–water partition coefficient (Wildman–Crippen LogP) is 2.77. The van der Waals surface area contributed by atoms with Crippen molar-refractivity contribution >= 4 is 21.6 Å². The highest BCUT2D eigenvalue weighted by Crippen LogP contribution is 2.30. The lowest BCUT2D eigenvalue weighted by molar-refractivity contribution is 0.429. The maximum absolute atomic E-state index is 5.97. The van der Waals surface area contributed by atoms with E-state index < -0.39 is 0 Å². The van der Waals surface area contributed by atoms with Crippen LogP contribution in [-0.4, -0.2) is 18.6 Å². The molecule has 2 unspecified atom stereocenters. The Morgan fingerprint density at radius 2 is 2.13 bits per heavy atom. The summed E-state index contributed by atoms with van der Waals surface area (Å²) in [5.41, 5.74) is 7.25. The van der Waals surface area contributed by atoms with Gasteiger partial charge in [0.05, 0.1) is 5.69 Å². The van der Waals surface area contributed by atoms with Crippen LogP contribution in [0.3, 0.4) is 0 Å². The van der Waals surface area contributed by atoms with Gasteiger partial charge in [-0.3, -0.25) is 0 Å². The van der Waals surface area contributed by atoms with Crippen LogP contribution in [0.5, 0.6) is 0 Å². The van der Waals surface area contributed by atoms with Crippen molar-refractivity contribution in [3.05, 3.63) is 28.7 Å². The van der Waals surface area contributed by atoms with Crippen LogP contribution in [0.25, 0.3) is 0 Å². The normalized spacial score (nSPS) is 26.7. The molecule has 2 N–H and O–H groups in total. The van der Waals surface area contributed by atoms with Crippen molar-refractivity contribution in [1.82, 2.24) is 0 Å². The van der Waals surface area contributed by atoms with E-state index in [1.807, 2.05) is 6.07 Å². The van der Waals surface area contributed by atoms with Crippen LogP contribution in [0.2, 0.25) is 0 Å². The van der Waals surface area contributed by atoms with Gasteiger partial charge in [-0.05, 0) is 47.8 Å². The van der Waals surface area contributed by atoms with Crippen molar-refractivity contribution in [2.75, 3.05) is 11.4 Å². The van der Waals surface area contributed by atoms with Crippen molar-refractivity contribution in [3.63, 3.8) is 0 Å². The molecule has 82 valence electrons. The summed E-state index contributed by atoms with van der Waals surface area (Å²) in [6, 6.07) is 9.30. The van der Waals surface area contributed by atoms with E-state index in [4.69, 9.17) is 5.73 Å².